The Kier molecular flexibility index (Phi) is 4.32. The second kappa shape index (κ2) is 7.49. The normalized spacial score (nSPS) is 11.3. The second-order valence-electron chi connectivity index (χ2n) is 7.43. The van der Waals surface area contributed by atoms with Gasteiger partial charge in [-0.1, -0.05) is 12.1 Å². The Morgan fingerprint density at radius 2 is 1.79 bits per heavy atom. The van der Waals surface area contributed by atoms with Crippen LogP contribution in [0, 0.1) is 5.82 Å². The Morgan fingerprint density at radius 1 is 0.879 bits per heavy atom. The van der Waals surface area contributed by atoms with E-state index in [1.807, 2.05) is 24.3 Å². The maximum atomic E-state index is 13.8. The maximum Gasteiger partial charge on any atom is 0.161 e. The average molecular weight is 437 g/mol. The van der Waals surface area contributed by atoms with Crippen molar-refractivity contribution in [3.63, 3.8) is 0 Å². The number of imidazole rings is 1. The summed E-state index contributed by atoms with van der Waals surface area (Å²) in [5.74, 6) is 0.857. The van der Waals surface area contributed by atoms with Crippen molar-refractivity contribution in [1.29, 1.82) is 0 Å². The van der Waals surface area contributed by atoms with Crippen LogP contribution in [0.1, 0.15) is 0 Å². The standard InChI is InChI=1S/C24H16FN7O/c1-33-16-10-14(11-26-12-16)17-5-6-19-22(28-17)23(32-31-19)24-29-18-7-8-27-20(21(18)30-24)13-3-2-4-15(25)9-13/h2-12H,1H3,(H,29,30)(H,31,32). The van der Waals surface area contributed by atoms with E-state index in [9.17, 15) is 4.39 Å². The van der Waals surface area contributed by atoms with E-state index >= 15 is 0 Å². The molecule has 0 fully saturated rings. The van der Waals surface area contributed by atoms with Crippen LogP contribution in [0.3, 0.4) is 0 Å². The first-order valence-electron chi connectivity index (χ1n) is 10.1. The molecule has 9 heteroatoms. The number of H-pyrrole nitrogens is 2. The molecule has 0 saturated carbocycles. The highest BCUT2D eigenvalue weighted by Crippen LogP contribution is 2.31. The van der Waals surface area contributed by atoms with Crippen molar-refractivity contribution in [2.75, 3.05) is 7.11 Å². The molecule has 0 aliphatic carbocycles. The fourth-order valence-electron chi connectivity index (χ4n) is 3.79. The largest absolute Gasteiger partial charge is 0.495 e. The van der Waals surface area contributed by atoms with Gasteiger partial charge in [-0.15, -0.1) is 0 Å². The quantitative estimate of drug-likeness (QED) is 0.411. The molecule has 0 amide bonds. The number of benzene rings is 1. The Balaban J connectivity index is 1.49. The minimum atomic E-state index is -0.330. The van der Waals surface area contributed by atoms with Crippen molar-refractivity contribution in [3.8, 4) is 39.8 Å². The summed E-state index contributed by atoms with van der Waals surface area (Å²) in [6.07, 6.45) is 5.04. The topological polar surface area (TPSA) is 105 Å². The van der Waals surface area contributed by atoms with E-state index in [1.165, 1.54) is 12.1 Å². The summed E-state index contributed by atoms with van der Waals surface area (Å²) in [7, 11) is 1.60. The molecule has 0 atom stereocenters. The summed E-state index contributed by atoms with van der Waals surface area (Å²) in [6.45, 7) is 0. The van der Waals surface area contributed by atoms with E-state index in [4.69, 9.17) is 14.7 Å². The van der Waals surface area contributed by atoms with E-state index < -0.39 is 0 Å². The summed E-state index contributed by atoms with van der Waals surface area (Å²) in [5.41, 5.74) is 6.19. The van der Waals surface area contributed by atoms with E-state index in [2.05, 4.69) is 25.1 Å². The van der Waals surface area contributed by atoms with Gasteiger partial charge in [0.15, 0.2) is 11.5 Å². The van der Waals surface area contributed by atoms with Crippen LogP contribution in [0.4, 0.5) is 4.39 Å². The Labute approximate surface area is 186 Å². The summed E-state index contributed by atoms with van der Waals surface area (Å²) in [6, 6.07) is 13.8. The molecule has 6 aromatic rings. The predicted octanol–water partition coefficient (Wildman–Crippen LogP) is 4.77. The number of hydrogen-bond acceptors (Lipinski definition) is 6. The fourth-order valence-corrected chi connectivity index (χ4v) is 3.79. The smallest absolute Gasteiger partial charge is 0.161 e. The number of hydrogen-bond donors (Lipinski definition) is 2. The molecule has 0 radical (unpaired) electrons. The number of halogens is 1. The van der Waals surface area contributed by atoms with Crippen LogP contribution < -0.4 is 4.74 Å². The van der Waals surface area contributed by atoms with Gasteiger partial charge in [-0.05, 0) is 36.4 Å². The van der Waals surface area contributed by atoms with Crippen molar-refractivity contribution in [2.24, 2.45) is 0 Å². The number of aromatic nitrogens is 7. The number of rotatable bonds is 4. The van der Waals surface area contributed by atoms with Gasteiger partial charge in [0, 0.05) is 23.5 Å². The second-order valence-corrected chi connectivity index (χ2v) is 7.43. The zero-order chi connectivity index (χ0) is 22.4. The molecule has 0 bridgehead atoms. The number of nitrogens with one attached hydrogen (secondary N) is 2. The van der Waals surface area contributed by atoms with Crippen molar-refractivity contribution in [3.05, 3.63) is 72.9 Å². The monoisotopic (exact) mass is 437 g/mol. The maximum absolute atomic E-state index is 13.8. The molecule has 0 aliphatic heterocycles. The van der Waals surface area contributed by atoms with Gasteiger partial charge in [0.25, 0.3) is 0 Å². The first kappa shape index (κ1) is 19.1. The number of pyridine rings is 3. The van der Waals surface area contributed by atoms with Crippen LogP contribution in [0.25, 0.3) is 56.1 Å². The molecular formula is C24H16FN7O. The van der Waals surface area contributed by atoms with E-state index in [0.717, 1.165) is 22.3 Å². The lowest BCUT2D eigenvalue weighted by Gasteiger charge is -2.03. The van der Waals surface area contributed by atoms with Gasteiger partial charge in [-0.2, -0.15) is 5.10 Å². The first-order chi connectivity index (χ1) is 16.2. The zero-order valence-electron chi connectivity index (χ0n) is 17.4. The van der Waals surface area contributed by atoms with Crippen LogP contribution in [0.15, 0.2) is 67.1 Å². The summed E-state index contributed by atoms with van der Waals surface area (Å²) < 4.78 is 19.1. The average Bonchev–Trinajstić information content (AvgIpc) is 3.47. The van der Waals surface area contributed by atoms with Crippen molar-refractivity contribution in [1.82, 2.24) is 35.1 Å². The van der Waals surface area contributed by atoms with Crippen molar-refractivity contribution >= 4 is 22.1 Å². The number of aromatic amines is 2. The summed E-state index contributed by atoms with van der Waals surface area (Å²) in [5, 5.41) is 7.45. The highest BCUT2D eigenvalue weighted by Gasteiger charge is 2.17. The van der Waals surface area contributed by atoms with Gasteiger partial charge in [-0.3, -0.25) is 15.1 Å². The minimum absolute atomic E-state index is 0.330. The van der Waals surface area contributed by atoms with Gasteiger partial charge < -0.3 is 9.72 Å². The number of ether oxygens (including phenoxy) is 1. The summed E-state index contributed by atoms with van der Waals surface area (Å²) >= 11 is 0. The van der Waals surface area contributed by atoms with E-state index in [0.29, 0.717) is 39.6 Å². The van der Waals surface area contributed by atoms with Crippen LogP contribution in [0.5, 0.6) is 5.75 Å². The van der Waals surface area contributed by atoms with Gasteiger partial charge in [0.05, 0.1) is 35.7 Å². The number of nitrogens with zero attached hydrogens (tertiary/aromatic N) is 5. The third-order valence-electron chi connectivity index (χ3n) is 5.38. The highest BCUT2D eigenvalue weighted by molar-refractivity contribution is 5.95. The highest BCUT2D eigenvalue weighted by atomic mass is 19.1. The third-order valence-corrected chi connectivity index (χ3v) is 5.38. The molecule has 8 nitrogen and oxygen atoms in total. The molecule has 33 heavy (non-hydrogen) atoms. The van der Waals surface area contributed by atoms with Crippen LogP contribution in [-0.4, -0.2) is 42.2 Å². The van der Waals surface area contributed by atoms with E-state index in [-0.39, 0.29) is 5.82 Å². The molecule has 160 valence electrons. The molecule has 5 aromatic heterocycles. The Hall–Kier alpha value is -4.66. The molecule has 0 unspecified atom stereocenters. The Bertz CT molecular complexity index is 1640. The van der Waals surface area contributed by atoms with Crippen LogP contribution >= 0.6 is 0 Å². The molecule has 2 N–H and O–H groups in total. The lowest BCUT2D eigenvalue weighted by atomic mass is 10.1. The van der Waals surface area contributed by atoms with Gasteiger partial charge in [0.1, 0.15) is 22.6 Å². The molecule has 6 rings (SSSR count). The lowest BCUT2D eigenvalue weighted by molar-refractivity contribution is 0.413. The SMILES string of the molecule is COc1cncc(-c2ccc3[nH]nc(-c4nc5c(-c6cccc(F)c6)nccc5[nH]4)c3n2)c1. The molecule has 0 aliphatic rings. The summed E-state index contributed by atoms with van der Waals surface area (Å²) in [4.78, 5) is 21.5. The van der Waals surface area contributed by atoms with Gasteiger partial charge in [-0.25, -0.2) is 14.4 Å². The number of methoxy groups -OCH3 is 1. The first-order valence-corrected chi connectivity index (χ1v) is 10.1. The van der Waals surface area contributed by atoms with Gasteiger partial charge >= 0.3 is 0 Å². The molecular weight excluding hydrogens is 421 g/mol. The number of fused-ring (bicyclic) bond motifs is 2. The van der Waals surface area contributed by atoms with E-state index in [1.54, 1.807) is 37.8 Å². The molecule has 0 saturated heterocycles. The fraction of sp³-hybridized carbons (Fsp3) is 0.0417. The van der Waals surface area contributed by atoms with Gasteiger partial charge in [0.2, 0.25) is 0 Å². The minimum Gasteiger partial charge on any atom is -0.495 e. The van der Waals surface area contributed by atoms with Crippen molar-refractivity contribution in [2.45, 2.75) is 0 Å². The van der Waals surface area contributed by atoms with Crippen LogP contribution in [0.2, 0.25) is 0 Å². The van der Waals surface area contributed by atoms with Crippen molar-refractivity contribution < 1.29 is 9.13 Å². The Morgan fingerprint density at radius 3 is 2.67 bits per heavy atom. The third kappa shape index (κ3) is 3.26. The molecule has 1 aromatic carbocycles. The molecule has 5 heterocycles. The zero-order valence-corrected chi connectivity index (χ0v) is 17.4. The van der Waals surface area contributed by atoms with Crippen LogP contribution in [-0.2, 0) is 0 Å². The predicted molar refractivity (Wildman–Crippen MR) is 122 cm³/mol. The lowest BCUT2D eigenvalue weighted by Crippen LogP contribution is -1.89. The molecule has 0 spiro atoms.